The number of para-hydroxylation sites is 1. The lowest BCUT2D eigenvalue weighted by molar-refractivity contribution is 0.0620. The average molecular weight is 362 g/mol. The van der Waals surface area contributed by atoms with E-state index in [0.29, 0.717) is 14.6 Å². The number of halogens is 3. The lowest BCUT2D eigenvalue weighted by atomic mass is 10.2. The van der Waals surface area contributed by atoms with Crippen molar-refractivity contribution in [2.45, 2.75) is 32.9 Å². The van der Waals surface area contributed by atoms with Crippen molar-refractivity contribution >= 4 is 39.0 Å². The van der Waals surface area contributed by atoms with Crippen LogP contribution >= 0.6 is 15.9 Å². The number of carbonyl (C=O) groups is 1. The van der Waals surface area contributed by atoms with Crippen molar-refractivity contribution in [2.24, 2.45) is 0 Å². The zero-order valence-electron chi connectivity index (χ0n) is 11.7. The van der Waals surface area contributed by atoms with Crippen LogP contribution in [0.5, 0.6) is 0 Å². The van der Waals surface area contributed by atoms with Gasteiger partial charge >= 0.3 is 12.6 Å². The molecule has 0 unspecified atom stereocenters. The molecule has 0 saturated carbocycles. The summed E-state index contributed by atoms with van der Waals surface area (Å²) in [7, 11) is 0. The third kappa shape index (κ3) is 3.49. The molecule has 0 aliphatic rings. The van der Waals surface area contributed by atoms with Gasteiger partial charge in [-0.05, 0) is 48.8 Å². The number of amides is 1. The van der Waals surface area contributed by atoms with Gasteiger partial charge in [-0.15, -0.1) is 0 Å². The Morgan fingerprint density at radius 2 is 2.10 bits per heavy atom. The van der Waals surface area contributed by atoms with Crippen molar-refractivity contribution in [2.75, 3.05) is 5.32 Å². The van der Waals surface area contributed by atoms with Gasteiger partial charge in [0.2, 0.25) is 5.95 Å². The van der Waals surface area contributed by atoms with Crippen molar-refractivity contribution in [1.29, 1.82) is 0 Å². The van der Waals surface area contributed by atoms with Crippen molar-refractivity contribution in [3.05, 3.63) is 22.7 Å². The van der Waals surface area contributed by atoms with Gasteiger partial charge in [0, 0.05) is 4.47 Å². The number of imidazole rings is 1. The van der Waals surface area contributed by atoms with E-state index in [0.717, 1.165) is 0 Å². The van der Waals surface area contributed by atoms with Crippen molar-refractivity contribution < 1.29 is 18.3 Å². The molecule has 0 radical (unpaired) electrons. The second-order valence-electron chi connectivity index (χ2n) is 5.32. The van der Waals surface area contributed by atoms with Crippen LogP contribution in [0.2, 0.25) is 0 Å². The van der Waals surface area contributed by atoms with E-state index in [9.17, 15) is 13.6 Å². The minimum atomic E-state index is -2.85. The van der Waals surface area contributed by atoms with Crippen molar-refractivity contribution in [1.82, 2.24) is 9.55 Å². The molecule has 8 heteroatoms. The Balaban J connectivity index is 2.42. The highest BCUT2D eigenvalue weighted by atomic mass is 79.9. The fourth-order valence-electron chi connectivity index (χ4n) is 1.78. The van der Waals surface area contributed by atoms with E-state index in [2.05, 4.69) is 26.2 Å². The van der Waals surface area contributed by atoms with E-state index in [4.69, 9.17) is 4.74 Å². The molecule has 0 aliphatic heterocycles. The zero-order chi connectivity index (χ0) is 15.8. The van der Waals surface area contributed by atoms with Crippen molar-refractivity contribution in [3.8, 4) is 0 Å². The maximum Gasteiger partial charge on any atom is 0.414 e. The molecule has 0 bridgehead atoms. The molecule has 21 heavy (non-hydrogen) atoms. The Labute approximate surface area is 128 Å². The van der Waals surface area contributed by atoms with Crippen LogP contribution in [0.3, 0.4) is 0 Å². The van der Waals surface area contributed by atoms with Crippen LogP contribution in [0.1, 0.15) is 27.3 Å². The van der Waals surface area contributed by atoms with Crippen molar-refractivity contribution in [3.63, 3.8) is 0 Å². The summed E-state index contributed by atoms with van der Waals surface area (Å²) >= 11 is 3.21. The van der Waals surface area contributed by atoms with Crippen LogP contribution in [0.15, 0.2) is 22.7 Å². The Bertz CT molecular complexity index is 680. The number of nitrogens with zero attached hydrogens (tertiary/aromatic N) is 2. The summed E-state index contributed by atoms with van der Waals surface area (Å²) in [6.45, 7) is 2.19. The molecule has 1 N–H and O–H groups in total. The van der Waals surface area contributed by atoms with Gasteiger partial charge in [-0.3, -0.25) is 9.88 Å². The molecule has 1 aromatic carbocycles. The lowest BCUT2D eigenvalue weighted by Gasteiger charge is -2.19. The van der Waals surface area contributed by atoms with E-state index >= 15 is 0 Å². The third-order valence-corrected chi connectivity index (χ3v) is 3.11. The molecular weight excluding hydrogens is 348 g/mol. The Hall–Kier alpha value is -1.70. The molecule has 114 valence electrons. The quantitative estimate of drug-likeness (QED) is 0.853. The molecular formula is C13H14BrF2N3O2. The standard InChI is InChI=1S/C13H14BrF2N3O2/c1-13(2,3)21-12(20)18-11-17-8-6-4-5-7(14)9(8)19(11)10(15)16/h4-6,10H,1-3H3,(H,17,18,20). The second kappa shape index (κ2) is 5.59. The molecule has 0 saturated heterocycles. The minimum absolute atomic E-state index is 0.207. The molecule has 2 rings (SSSR count). The third-order valence-electron chi connectivity index (χ3n) is 2.47. The molecule has 0 fully saturated rings. The highest BCUT2D eigenvalue weighted by molar-refractivity contribution is 9.10. The van der Waals surface area contributed by atoms with E-state index in [1.165, 1.54) is 0 Å². The first-order valence-corrected chi connectivity index (χ1v) is 6.93. The number of fused-ring (bicyclic) bond motifs is 1. The van der Waals surface area contributed by atoms with Gasteiger partial charge in [0.25, 0.3) is 0 Å². The summed E-state index contributed by atoms with van der Waals surface area (Å²) in [5, 5.41) is 2.25. The number of alkyl halides is 2. The fraction of sp³-hybridized carbons (Fsp3) is 0.385. The minimum Gasteiger partial charge on any atom is -0.444 e. The Morgan fingerprint density at radius 1 is 1.43 bits per heavy atom. The smallest absolute Gasteiger partial charge is 0.414 e. The van der Waals surface area contributed by atoms with Gasteiger partial charge in [0.1, 0.15) is 5.60 Å². The van der Waals surface area contributed by atoms with Crippen LogP contribution < -0.4 is 5.32 Å². The van der Waals surface area contributed by atoms with E-state index < -0.39 is 18.2 Å². The summed E-state index contributed by atoms with van der Waals surface area (Å²) < 4.78 is 32.7. The summed E-state index contributed by atoms with van der Waals surface area (Å²) in [5.74, 6) is -0.263. The first-order valence-electron chi connectivity index (χ1n) is 6.13. The molecule has 1 heterocycles. The molecule has 0 aliphatic carbocycles. The number of aromatic nitrogens is 2. The number of ether oxygens (including phenoxy) is 1. The second-order valence-corrected chi connectivity index (χ2v) is 6.17. The van der Waals surface area contributed by atoms with Gasteiger partial charge in [0.05, 0.1) is 11.0 Å². The Kier molecular flexibility index (Phi) is 4.18. The summed E-state index contributed by atoms with van der Waals surface area (Å²) in [5.41, 5.74) is -0.180. The normalized spacial score (nSPS) is 12.0. The first-order chi connectivity index (χ1) is 9.69. The number of carbonyl (C=O) groups excluding carboxylic acids is 1. The largest absolute Gasteiger partial charge is 0.444 e. The van der Waals surface area contributed by atoms with E-state index in [1.54, 1.807) is 39.0 Å². The first kappa shape index (κ1) is 15.7. The summed E-state index contributed by atoms with van der Waals surface area (Å²) in [6.07, 6.45) is -0.837. The number of benzene rings is 1. The van der Waals surface area contributed by atoms with Crippen LogP contribution in [-0.4, -0.2) is 21.2 Å². The van der Waals surface area contributed by atoms with Crippen LogP contribution in [-0.2, 0) is 4.74 Å². The van der Waals surface area contributed by atoms with Gasteiger partial charge in [-0.25, -0.2) is 9.78 Å². The number of hydrogen-bond acceptors (Lipinski definition) is 3. The van der Waals surface area contributed by atoms with Gasteiger partial charge in [0.15, 0.2) is 0 Å². The average Bonchev–Trinajstić information content (AvgIpc) is 2.65. The van der Waals surface area contributed by atoms with Gasteiger partial charge in [-0.1, -0.05) is 6.07 Å². The molecule has 1 aromatic heterocycles. The zero-order valence-corrected chi connectivity index (χ0v) is 13.2. The molecule has 1 amide bonds. The fourth-order valence-corrected chi connectivity index (χ4v) is 2.33. The molecule has 2 aromatic rings. The highest BCUT2D eigenvalue weighted by Gasteiger charge is 2.23. The van der Waals surface area contributed by atoms with Gasteiger partial charge < -0.3 is 4.74 Å². The molecule has 5 nitrogen and oxygen atoms in total. The van der Waals surface area contributed by atoms with Gasteiger partial charge in [-0.2, -0.15) is 8.78 Å². The monoisotopic (exact) mass is 361 g/mol. The number of anilines is 1. The number of nitrogens with one attached hydrogen (secondary N) is 1. The summed E-state index contributed by atoms with van der Waals surface area (Å²) in [6, 6.07) is 4.88. The number of hydrogen-bond donors (Lipinski definition) is 1. The predicted octanol–water partition coefficient (Wildman–Crippen LogP) is 4.54. The lowest BCUT2D eigenvalue weighted by Crippen LogP contribution is -2.28. The molecule has 0 atom stereocenters. The maximum atomic E-state index is 13.3. The SMILES string of the molecule is CC(C)(C)OC(=O)Nc1nc2cccc(Br)c2n1C(F)F. The van der Waals surface area contributed by atoms with Crippen LogP contribution in [0.4, 0.5) is 19.5 Å². The maximum absolute atomic E-state index is 13.3. The highest BCUT2D eigenvalue weighted by Crippen LogP contribution is 2.31. The molecule has 0 spiro atoms. The Morgan fingerprint density at radius 3 is 2.67 bits per heavy atom. The number of rotatable bonds is 2. The summed E-state index contributed by atoms with van der Waals surface area (Å²) in [4.78, 5) is 15.7. The topological polar surface area (TPSA) is 56.1 Å². The van der Waals surface area contributed by atoms with E-state index in [1.807, 2.05) is 0 Å². The predicted molar refractivity (Wildman–Crippen MR) is 78.5 cm³/mol. The van der Waals surface area contributed by atoms with Crippen LogP contribution in [0.25, 0.3) is 11.0 Å². The van der Waals surface area contributed by atoms with E-state index in [-0.39, 0.29) is 11.5 Å². The van der Waals surface area contributed by atoms with Crippen LogP contribution in [0, 0.1) is 0 Å².